The van der Waals surface area contributed by atoms with Crippen LogP contribution in [0.25, 0.3) is 0 Å². The average Bonchev–Trinajstić information content (AvgIpc) is 1.61. The number of nitrogens with one attached hydrogen (secondary N) is 7. The summed E-state index contributed by atoms with van der Waals surface area (Å²) in [5.74, 6) is -1.15. The number of aromatic nitrogens is 9. The minimum atomic E-state index is -1.24. The first-order chi connectivity index (χ1) is 57.2. The Labute approximate surface area is 686 Å². The van der Waals surface area contributed by atoms with Gasteiger partial charge in [-0.15, -0.1) is 0 Å². The number of aliphatic hydroxyl groups is 6. The van der Waals surface area contributed by atoms with Crippen LogP contribution in [0, 0.1) is 0 Å². The number of hydrogen-bond acceptors (Lipinski definition) is 38. The Morgan fingerprint density at radius 3 is 0.932 bits per heavy atom. The van der Waals surface area contributed by atoms with Gasteiger partial charge in [-0.3, -0.25) is 19.2 Å². The van der Waals surface area contributed by atoms with Crippen molar-refractivity contribution in [1.82, 2.24) is 67.5 Å². The van der Waals surface area contributed by atoms with Crippen LogP contribution in [0.1, 0.15) is 104 Å². The Morgan fingerprint density at radius 2 is 0.686 bits per heavy atom. The fraction of sp³-hybridized carbons (Fsp3) is 0.863. The van der Waals surface area contributed by atoms with Crippen LogP contribution >= 0.6 is 0 Å². The Kier molecular flexibility index (Phi) is 49.2. The first kappa shape index (κ1) is 101. The molecule has 0 saturated carbocycles. The van der Waals surface area contributed by atoms with Gasteiger partial charge in [-0.25, -0.2) is 0 Å². The third-order valence-corrected chi connectivity index (χ3v) is 18.4. The van der Waals surface area contributed by atoms with Crippen LogP contribution in [0.3, 0.4) is 0 Å². The number of unbranched alkanes of at least 4 members (excludes halogenated alkanes) is 2. The first-order valence-electron chi connectivity index (χ1n) is 40.2. The highest BCUT2D eigenvalue weighted by Crippen LogP contribution is 2.40. The highest BCUT2D eigenvalue weighted by Gasteiger charge is 2.62. The lowest BCUT2D eigenvalue weighted by atomic mass is 9.88. The molecule has 6 fully saturated rings. The third kappa shape index (κ3) is 35.9. The summed E-state index contributed by atoms with van der Waals surface area (Å²) in [7, 11) is 0. The molecule has 45 nitrogen and oxygen atoms in total. The topological polar surface area (TPSA) is 582 Å². The van der Waals surface area contributed by atoms with Gasteiger partial charge in [0.1, 0.15) is 94.2 Å². The SMILES string of the molecule is CCCOCCOCCOCCOC[C@@]12CO[C@@H](O1)[C@H](NC(C)=O)[C@@H](O)[C@H]2O.CCCOCCOCCOCCOC[C@@]12CO[C@@H](O1)[C@H](NC(C)=O)[C@@H](O)[C@H]2O.CCCOCCOCCOCCOC[C@@]12CO[C@@H](O1)[C@H](NC(C)=O)[C@@H](O)[C@H]2O.NCCCCCC(=O)NC(COCc1cn[nH]n1)(COCc1cn[nH]n1)COCc1cn[nH]n1. The number of carbonyl (C=O) groups excluding carboxylic acids is 4. The number of nitrogens with zero attached hydrogens (tertiary/aromatic N) is 6. The number of nitrogens with two attached hydrogens (primary N) is 1. The maximum Gasteiger partial charge on any atom is 0.220 e. The first-order valence-corrected chi connectivity index (χ1v) is 40.2. The molecule has 15 atom stereocenters. The Morgan fingerprint density at radius 1 is 0.415 bits per heavy atom. The van der Waals surface area contributed by atoms with Crippen LogP contribution < -0.4 is 27.0 Å². The molecule has 118 heavy (non-hydrogen) atoms. The number of rotatable bonds is 60. The molecule has 0 spiro atoms. The number of amides is 4. The van der Waals surface area contributed by atoms with Gasteiger partial charge in [0, 0.05) is 47.0 Å². The van der Waals surface area contributed by atoms with Gasteiger partial charge in [0.05, 0.1) is 217 Å². The number of fused-ring (bicyclic) bond motifs is 6. The van der Waals surface area contributed by atoms with Crippen LogP contribution in [-0.4, -0.2) is 401 Å². The lowest BCUT2D eigenvalue weighted by molar-refractivity contribution is -0.238. The number of carbonyl (C=O) groups is 4. The molecule has 4 amide bonds. The van der Waals surface area contributed by atoms with Crippen molar-refractivity contribution < 1.29 is 149 Å². The summed E-state index contributed by atoms with van der Waals surface area (Å²) >= 11 is 0. The van der Waals surface area contributed by atoms with Gasteiger partial charge in [0.15, 0.2) is 18.9 Å². The predicted octanol–water partition coefficient (Wildman–Crippen LogP) is -4.19. The Bertz CT molecular complexity index is 2790. The van der Waals surface area contributed by atoms with E-state index in [9.17, 15) is 49.8 Å². The summed E-state index contributed by atoms with van der Waals surface area (Å²) in [5.41, 5.74) is 3.02. The second kappa shape index (κ2) is 57.5. The standard InChI is InChI=1S/C19H31N11O4.3C18H33NO9/c20-5-3-1-2-4-18(31)24-19(12-32-9-15-6-21-28-25-15,13-33-10-16-7-22-29-26-16)14-34-11-17-8-23-30-27-17;3*1-3-4-23-5-6-24-7-8-25-9-10-26-11-18-12-27-17(28-18)14(19-13(2)20)15(21)16(18)22/h6-8H,1-5,9-14,20H2,(H,24,31)(H,21,25,28)(H,22,26,29)(H,23,27,30);3*14-17,21-22H,3-12H2,1-2H3,(H,19,20)/t;3*14-,15-,16-,17+,18+/m.111/s1. The molecule has 6 bridgehead atoms. The molecule has 0 aliphatic carbocycles. The summed E-state index contributed by atoms with van der Waals surface area (Å²) < 4.78 is 116. The van der Waals surface area contributed by atoms with Gasteiger partial charge in [0.2, 0.25) is 23.6 Å². The minimum absolute atomic E-state index is 0.0448. The second-order valence-corrected chi connectivity index (χ2v) is 28.5. The summed E-state index contributed by atoms with van der Waals surface area (Å²) in [4.78, 5) is 46.5. The molecule has 0 unspecified atom stereocenters. The molecule has 3 aromatic rings. The monoisotopic (exact) mass is 1700 g/mol. The van der Waals surface area contributed by atoms with E-state index in [4.69, 9.17) is 105 Å². The predicted molar refractivity (Wildman–Crippen MR) is 407 cm³/mol. The van der Waals surface area contributed by atoms with E-state index in [-0.39, 0.29) is 103 Å². The molecule has 6 aliphatic heterocycles. The van der Waals surface area contributed by atoms with Gasteiger partial charge in [-0.2, -0.15) is 46.2 Å². The maximum atomic E-state index is 12.8. The lowest BCUT2D eigenvalue weighted by Gasteiger charge is -2.42. The number of H-pyrrole nitrogens is 3. The van der Waals surface area contributed by atoms with Crippen LogP contribution in [0.5, 0.6) is 0 Å². The van der Waals surface area contributed by atoms with Gasteiger partial charge in [-0.1, -0.05) is 27.2 Å². The largest absolute Gasteiger partial charge is 0.388 e. The molecular weight excluding hydrogens is 1570 g/mol. The molecule has 0 aromatic carbocycles. The van der Waals surface area contributed by atoms with E-state index in [2.05, 4.69) is 88.3 Å². The smallest absolute Gasteiger partial charge is 0.220 e. The summed E-state index contributed by atoms with van der Waals surface area (Å²) in [5, 5.41) is 104. The molecule has 6 aliphatic rings. The number of hydrogen-bond donors (Lipinski definition) is 14. The number of aromatic amines is 3. The van der Waals surface area contributed by atoms with Gasteiger partial charge in [-0.05, 0) is 38.6 Å². The van der Waals surface area contributed by atoms with E-state index in [1.54, 1.807) is 18.6 Å². The van der Waals surface area contributed by atoms with Crippen molar-refractivity contribution >= 4 is 23.6 Å². The van der Waals surface area contributed by atoms with Crippen molar-refractivity contribution in [3.05, 3.63) is 35.7 Å². The average molecular weight is 1700 g/mol. The van der Waals surface area contributed by atoms with Crippen molar-refractivity contribution in [2.24, 2.45) is 5.73 Å². The van der Waals surface area contributed by atoms with Crippen molar-refractivity contribution in [3.8, 4) is 0 Å². The van der Waals surface area contributed by atoms with E-state index >= 15 is 0 Å². The maximum absolute atomic E-state index is 12.8. The highest BCUT2D eigenvalue weighted by atomic mass is 16.8. The normalized spacial score (nSPS) is 26.0. The van der Waals surface area contributed by atoms with Gasteiger partial charge < -0.3 is 157 Å². The zero-order valence-corrected chi connectivity index (χ0v) is 68.8. The van der Waals surface area contributed by atoms with E-state index in [0.29, 0.717) is 149 Å². The van der Waals surface area contributed by atoms with E-state index in [0.717, 1.165) is 58.3 Å². The van der Waals surface area contributed by atoms with Crippen molar-refractivity contribution in [3.63, 3.8) is 0 Å². The van der Waals surface area contributed by atoms with E-state index < -0.39 is 96.0 Å². The molecule has 678 valence electrons. The van der Waals surface area contributed by atoms with Crippen LogP contribution in [0.2, 0.25) is 0 Å². The van der Waals surface area contributed by atoms with Crippen LogP contribution in [0.4, 0.5) is 0 Å². The Balaban J connectivity index is 0.000000245. The van der Waals surface area contributed by atoms with Crippen molar-refractivity contribution in [2.45, 2.75) is 202 Å². The number of aliphatic hydroxyl groups excluding tert-OH is 6. The molecule has 3 aromatic heterocycles. The molecular formula is C73H130N14O31. The molecule has 9 heterocycles. The van der Waals surface area contributed by atoms with Crippen molar-refractivity contribution in [2.75, 3.05) is 205 Å². The van der Waals surface area contributed by atoms with E-state index in [1.165, 1.54) is 20.8 Å². The quantitative estimate of drug-likeness (QED) is 0.0238. The molecule has 15 N–H and O–H groups in total. The summed E-state index contributed by atoms with van der Waals surface area (Å²) in [6.45, 7) is 22.4. The van der Waals surface area contributed by atoms with E-state index in [1.807, 2.05) is 0 Å². The second-order valence-electron chi connectivity index (χ2n) is 28.5. The van der Waals surface area contributed by atoms with Crippen molar-refractivity contribution in [1.29, 1.82) is 0 Å². The summed E-state index contributed by atoms with van der Waals surface area (Å²) in [6, 6.07) is -2.46. The molecule has 45 heteroatoms. The Hall–Kier alpha value is -5.82. The minimum Gasteiger partial charge on any atom is -0.388 e. The van der Waals surface area contributed by atoms with Crippen LogP contribution in [0.15, 0.2) is 18.6 Å². The lowest BCUT2D eigenvalue weighted by Crippen LogP contribution is -2.66. The fourth-order valence-electron chi connectivity index (χ4n) is 12.5. The zero-order chi connectivity index (χ0) is 85.1. The fourth-order valence-corrected chi connectivity index (χ4v) is 12.5. The zero-order valence-electron chi connectivity index (χ0n) is 68.8. The van der Waals surface area contributed by atoms with Gasteiger partial charge >= 0.3 is 0 Å². The highest BCUT2D eigenvalue weighted by molar-refractivity contribution is 5.77. The molecule has 6 saturated heterocycles. The third-order valence-electron chi connectivity index (χ3n) is 18.4. The summed E-state index contributed by atoms with van der Waals surface area (Å²) in [6.07, 6.45) is 0.738. The van der Waals surface area contributed by atoms with Crippen LogP contribution in [-0.2, 0) is 138 Å². The molecule has 0 radical (unpaired) electrons. The molecule has 9 rings (SSSR count). The number of ether oxygens (including phenoxy) is 21. The van der Waals surface area contributed by atoms with Gasteiger partial charge in [0.25, 0.3) is 0 Å².